The summed E-state index contributed by atoms with van der Waals surface area (Å²) in [7, 11) is 0. The van der Waals surface area contributed by atoms with Crippen LogP contribution in [0, 0.1) is 0 Å². The lowest BCUT2D eigenvalue weighted by Gasteiger charge is -2.16. The van der Waals surface area contributed by atoms with Gasteiger partial charge in [-0.05, 0) is 12.0 Å². The quantitative estimate of drug-likeness (QED) is 0.762. The van der Waals surface area contributed by atoms with Crippen LogP contribution in [0.2, 0.25) is 0 Å². The molecule has 0 spiro atoms. The van der Waals surface area contributed by atoms with Crippen molar-refractivity contribution in [2.45, 2.75) is 26.3 Å². The van der Waals surface area contributed by atoms with Crippen molar-refractivity contribution < 1.29 is 9.59 Å². The van der Waals surface area contributed by atoms with Crippen LogP contribution in [-0.2, 0) is 9.59 Å². The molecule has 1 atom stereocenters. The van der Waals surface area contributed by atoms with Gasteiger partial charge in [0, 0.05) is 6.92 Å². The fraction of sp³-hybridized carbons (Fsp3) is 0.333. The van der Waals surface area contributed by atoms with Crippen molar-refractivity contribution in [2.24, 2.45) is 0 Å². The van der Waals surface area contributed by atoms with Gasteiger partial charge in [-0.2, -0.15) is 0 Å². The second-order valence-corrected chi connectivity index (χ2v) is 3.40. The van der Waals surface area contributed by atoms with Crippen LogP contribution in [0.25, 0.3) is 0 Å². The Hall–Kier alpha value is -1.64. The highest BCUT2D eigenvalue weighted by atomic mass is 16.2. The molecule has 3 heteroatoms. The topological polar surface area (TPSA) is 46.2 Å². The first-order valence-corrected chi connectivity index (χ1v) is 5.01. The van der Waals surface area contributed by atoms with Crippen LogP contribution in [0.1, 0.15) is 31.9 Å². The monoisotopic (exact) mass is 205 g/mol. The Morgan fingerprint density at radius 1 is 1.27 bits per heavy atom. The maximum atomic E-state index is 11.2. The second-order valence-electron chi connectivity index (χ2n) is 3.40. The van der Waals surface area contributed by atoms with E-state index in [1.54, 1.807) is 0 Å². The van der Waals surface area contributed by atoms with Gasteiger partial charge in [-0.15, -0.1) is 0 Å². The van der Waals surface area contributed by atoms with Gasteiger partial charge in [0.15, 0.2) is 0 Å². The molecule has 0 fully saturated rings. The van der Waals surface area contributed by atoms with Crippen molar-refractivity contribution in [1.82, 2.24) is 5.32 Å². The zero-order valence-corrected chi connectivity index (χ0v) is 8.99. The molecule has 0 unspecified atom stereocenters. The average Bonchev–Trinajstić information content (AvgIpc) is 2.26. The Balaban J connectivity index is 2.73. The van der Waals surface area contributed by atoms with Crippen molar-refractivity contribution >= 4 is 11.7 Å². The van der Waals surface area contributed by atoms with Gasteiger partial charge in [0.1, 0.15) is 0 Å². The molecule has 80 valence electrons. The molecule has 1 N–H and O–H groups in total. The molecule has 0 bridgehead atoms. The molecule has 1 amide bonds. The van der Waals surface area contributed by atoms with Crippen molar-refractivity contribution in [3.8, 4) is 0 Å². The van der Waals surface area contributed by atoms with Crippen LogP contribution in [0.4, 0.5) is 0 Å². The summed E-state index contributed by atoms with van der Waals surface area (Å²) in [4.78, 5) is 22.0. The molecule has 1 rings (SSSR count). The Morgan fingerprint density at radius 2 is 1.87 bits per heavy atom. The summed E-state index contributed by atoms with van der Waals surface area (Å²) in [5, 5.41) is 2.69. The molecular weight excluding hydrogens is 190 g/mol. The van der Waals surface area contributed by atoms with E-state index in [1.807, 2.05) is 37.3 Å². The summed E-state index contributed by atoms with van der Waals surface area (Å²) < 4.78 is 0. The number of hydrogen-bond acceptors (Lipinski definition) is 2. The molecule has 0 saturated carbocycles. The minimum atomic E-state index is -0.522. The highest BCUT2D eigenvalue weighted by molar-refractivity contribution is 6.35. The number of nitrogens with one attached hydrogen (secondary N) is 1. The molecule has 3 nitrogen and oxygen atoms in total. The van der Waals surface area contributed by atoms with Gasteiger partial charge in [-0.1, -0.05) is 37.3 Å². The maximum Gasteiger partial charge on any atom is 0.287 e. The van der Waals surface area contributed by atoms with E-state index in [-0.39, 0.29) is 6.04 Å². The van der Waals surface area contributed by atoms with Crippen molar-refractivity contribution in [3.63, 3.8) is 0 Å². The zero-order chi connectivity index (χ0) is 11.3. The van der Waals surface area contributed by atoms with Crippen LogP contribution >= 0.6 is 0 Å². The lowest BCUT2D eigenvalue weighted by Crippen LogP contribution is -2.32. The SMILES string of the molecule is CC[C@@H](NC(=O)C(C)=O)c1ccccc1. The molecule has 0 radical (unpaired) electrons. The van der Waals surface area contributed by atoms with E-state index in [4.69, 9.17) is 0 Å². The number of hydrogen-bond donors (Lipinski definition) is 1. The third-order valence-electron chi connectivity index (χ3n) is 2.24. The average molecular weight is 205 g/mol. The number of carbonyl (C=O) groups is 2. The zero-order valence-electron chi connectivity index (χ0n) is 8.99. The van der Waals surface area contributed by atoms with Gasteiger partial charge < -0.3 is 5.32 Å². The molecule has 0 aliphatic carbocycles. The molecule has 0 aliphatic heterocycles. The third-order valence-corrected chi connectivity index (χ3v) is 2.24. The first kappa shape index (κ1) is 11.4. The minimum absolute atomic E-state index is 0.0809. The highest BCUT2D eigenvalue weighted by Gasteiger charge is 2.14. The molecule has 1 aromatic rings. The number of amides is 1. The lowest BCUT2D eigenvalue weighted by atomic mass is 10.0. The fourth-order valence-electron chi connectivity index (χ4n) is 1.37. The Kier molecular flexibility index (Phi) is 4.03. The number of benzene rings is 1. The molecule has 0 aliphatic rings. The summed E-state index contributed by atoms with van der Waals surface area (Å²) in [5.74, 6) is -0.977. The number of Topliss-reactive ketones (excluding diaryl/α,β-unsaturated/α-hetero) is 1. The van der Waals surface area contributed by atoms with Gasteiger partial charge in [0.05, 0.1) is 6.04 Å². The van der Waals surface area contributed by atoms with Crippen LogP contribution < -0.4 is 5.32 Å². The van der Waals surface area contributed by atoms with E-state index in [0.29, 0.717) is 0 Å². The number of ketones is 1. The standard InChI is InChI=1S/C12H15NO2/c1-3-11(13-12(15)9(2)14)10-7-5-4-6-8-10/h4-8,11H,3H2,1-2H3,(H,13,15)/t11-/m1/s1. The predicted molar refractivity (Wildman–Crippen MR) is 58.3 cm³/mol. The largest absolute Gasteiger partial charge is 0.343 e. The Bertz CT molecular complexity index is 346. The summed E-state index contributed by atoms with van der Waals surface area (Å²) in [6.45, 7) is 3.24. The van der Waals surface area contributed by atoms with E-state index >= 15 is 0 Å². The molecular formula is C12H15NO2. The van der Waals surface area contributed by atoms with Gasteiger partial charge in [0.25, 0.3) is 5.91 Å². The summed E-state index contributed by atoms with van der Waals surface area (Å²) in [5.41, 5.74) is 1.02. The number of rotatable bonds is 4. The van der Waals surface area contributed by atoms with Crippen molar-refractivity contribution in [2.75, 3.05) is 0 Å². The van der Waals surface area contributed by atoms with E-state index in [2.05, 4.69) is 5.32 Å². The molecule has 0 saturated heterocycles. The fourth-order valence-corrected chi connectivity index (χ4v) is 1.37. The molecule has 15 heavy (non-hydrogen) atoms. The minimum Gasteiger partial charge on any atom is -0.343 e. The molecule has 0 aromatic heterocycles. The first-order valence-electron chi connectivity index (χ1n) is 5.01. The molecule has 0 heterocycles. The van der Waals surface area contributed by atoms with Crippen LogP contribution in [0.5, 0.6) is 0 Å². The summed E-state index contributed by atoms with van der Waals surface area (Å²) in [6, 6.07) is 9.55. The Labute approximate surface area is 89.5 Å². The maximum absolute atomic E-state index is 11.2. The second kappa shape index (κ2) is 5.29. The third kappa shape index (κ3) is 3.20. The van der Waals surface area contributed by atoms with E-state index < -0.39 is 11.7 Å². The summed E-state index contributed by atoms with van der Waals surface area (Å²) >= 11 is 0. The first-order chi connectivity index (χ1) is 7.15. The molecule has 1 aromatic carbocycles. The van der Waals surface area contributed by atoms with Crippen molar-refractivity contribution in [1.29, 1.82) is 0 Å². The van der Waals surface area contributed by atoms with Gasteiger partial charge >= 0.3 is 0 Å². The summed E-state index contributed by atoms with van der Waals surface area (Å²) in [6.07, 6.45) is 0.767. The predicted octanol–water partition coefficient (Wildman–Crippen LogP) is 1.84. The van der Waals surface area contributed by atoms with Crippen LogP contribution in [0.15, 0.2) is 30.3 Å². The smallest absolute Gasteiger partial charge is 0.287 e. The normalized spacial score (nSPS) is 11.9. The van der Waals surface area contributed by atoms with E-state index in [9.17, 15) is 9.59 Å². The van der Waals surface area contributed by atoms with Crippen LogP contribution in [-0.4, -0.2) is 11.7 Å². The van der Waals surface area contributed by atoms with Crippen LogP contribution in [0.3, 0.4) is 0 Å². The van der Waals surface area contributed by atoms with Gasteiger partial charge in [-0.25, -0.2) is 0 Å². The van der Waals surface area contributed by atoms with Gasteiger partial charge in [-0.3, -0.25) is 9.59 Å². The lowest BCUT2D eigenvalue weighted by molar-refractivity contribution is -0.137. The van der Waals surface area contributed by atoms with Gasteiger partial charge in [0.2, 0.25) is 5.78 Å². The van der Waals surface area contributed by atoms with E-state index in [0.717, 1.165) is 12.0 Å². The highest BCUT2D eigenvalue weighted by Crippen LogP contribution is 2.15. The number of carbonyl (C=O) groups excluding carboxylic acids is 2. The van der Waals surface area contributed by atoms with E-state index in [1.165, 1.54) is 6.92 Å². The van der Waals surface area contributed by atoms with Crippen molar-refractivity contribution in [3.05, 3.63) is 35.9 Å². The Morgan fingerprint density at radius 3 is 2.33 bits per heavy atom.